The first-order chi connectivity index (χ1) is 9.45. The Labute approximate surface area is 119 Å². The van der Waals surface area contributed by atoms with Gasteiger partial charge in [-0.05, 0) is 24.0 Å². The molecule has 1 aromatic rings. The Morgan fingerprint density at radius 3 is 2.84 bits per heavy atom. The van der Waals surface area contributed by atoms with E-state index >= 15 is 0 Å². The molecule has 0 radical (unpaired) electrons. The van der Waals surface area contributed by atoms with E-state index in [4.69, 9.17) is 0 Å². The summed E-state index contributed by atoms with van der Waals surface area (Å²) in [6.07, 6.45) is 6.38. The number of rotatable bonds is 1. The van der Waals surface area contributed by atoms with E-state index in [0.29, 0.717) is 5.25 Å². The highest BCUT2D eigenvalue weighted by atomic mass is 32.2. The second-order valence-electron chi connectivity index (χ2n) is 4.82. The smallest absolute Gasteiger partial charge is 0.0638 e. The molecule has 0 saturated heterocycles. The van der Waals surface area contributed by atoms with Gasteiger partial charge in [0, 0.05) is 30.2 Å². The Morgan fingerprint density at radius 1 is 1.05 bits per heavy atom. The first-order valence-electron chi connectivity index (χ1n) is 6.82. The standard InChI is InChI=1S/C18H16S/c1-2-4-6-10-15(11-7-5-3-1)18-17-13-9-8-12-16(17)14-19-18/h8-9,11-13,18H,1-4,14H2. The second-order valence-corrected chi connectivity index (χ2v) is 5.91. The highest BCUT2D eigenvalue weighted by Crippen LogP contribution is 2.45. The molecule has 0 bridgehead atoms. The molecule has 1 heteroatoms. The normalized spacial score (nSPS) is 21.3. The molecular weight excluding hydrogens is 248 g/mol. The molecule has 1 aromatic carbocycles. The zero-order chi connectivity index (χ0) is 12.9. The lowest BCUT2D eigenvalue weighted by Crippen LogP contribution is -1.94. The van der Waals surface area contributed by atoms with Crippen LogP contribution in [0.2, 0.25) is 0 Å². The van der Waals surface area contributed by atoms with Gasteiger partial charge in [0.05, 0.1) is 5.25 Å². The number of allylic oxidation sites excluding steroid dienone is 1. The highest BCUT2D eigenvalue weighted by molar-refractivity contribution is 7.99. The average molecular weight is 264 g/mol. The maximum Gasteiger partial charge on any atom is 0.0638 e. The maximum atomic E-state index is 3.36. The summed E-state index contributed by atoms with van der Waals surface area (Å²) in [5.74, 6) is 14.2. The average Bonchev–Trinajstić information content (AvgIpc) is 2.88. The number of hydrogen-bond donors (Lipinski definition) is 0. The van der Waals surface area contributed by atoms with E-state index < -0.39 is 0 Å². The molecule has 1 heterocycles. The molecule has 1 aliphatic carbocycles. The van der Waals surface area contributed by atoms with E-state index in [1.54, 1.807) is 0 Å². The maximum absolute atomic E-state index is 3.36. The molecule has 94 valence electrons. The van der Waals surface area contributed by atoms with Crippen LogP contribution >= 0.6 is 11.8 Å². The van der Waals surface area contributed by atoms with Crippen molar-refractivity contribution in [1.82, 2.24) is 0 Å². The summed E-state index contributed by atoms with van der Waals surface area (Å²) in [5.41, 5.74) is 4.06. The summed E-state index contributed by atoms with van der Waals surface area (Å²) in [6.45, 7) is 0. The topological polar surface area (TPSA) is 0 Å². The van der Waals surface area contributed by atoms with Crippen LogP contribution in [-0.4, -0.2) is 0 Å². The first-order valence-corrected chi connectivity index (χ1v) is 7.87. The van der Waals surface area contributed by atoms with Crippen LogP contribution in [0.3, 0.4) is 0 Å². The molecule has 1 atom stereocenters. The molecule has 0 fully saturated rings. The van der Waals surface area contributed by atoms with Crippen LogP contribution in [0.1, 0.15) is 42.1 Å². The van der Waals surface area contributed by atoms with E-state index in [2.05, 4.69) is 47.9 Å². The quantitative estimate of drug-likeness (QED) is 0.674. The number of hydrogen-bond acceptors (Lipinski definition) is 1. The Bertz CT molecular complexity index is 616. The van der Waals surface area contributed by atoms with E-state index in [0.717, 1.165) is 18.6 Å². The molecular formula is C18H16S. The summed E-state index contributed by atoms with van der Waals surface area (Å²) in [6, 6.07) is 8.70. The van der Waals surface area contributed by atoms with Gasteiger partial charge in [-0.15, -0.1) is 11.8 Å². The zero-order valence-corrected chi connectivity index (χ0v) is 11.7. The predicted molar refractivity (Wildman–Crippen MR) is 82.6 cm³/mol. The summed E-state index contributed by atoms with van der Waals surface area (Å²) >= 11 is 1.97. The minimum absolute atomic E-state index is 0.387. The van der Waals surface area contributed by atoms with Crippen LogP contribution in [0.5, 0.6) is 0 Å². The third-order valence-electron chi connectivity index (χ3n) is 3.44. The van der Waals surface area contributed by atoms with E-state index in [1.165, 1.54) is 29.5 Å². The third kappa shape index (κ3) is 2.89. The monoisotopic (exact) mass is 264 g/mol. The van der Waals surface area contributed by atoms with Gasteiger partial charge in [-0.1, -0.05) is 47.9 Å². The molecule has 3 rings (SSSR count). The summed E-state index contributed by atoms with van der Waals surface area (Å²) < 4.78 is 0. The van der Waals surface area contributed by atoms with Crippen molar-refractivity contribution < 1.29 is 0 Å². The third-order valence-corrected chi connectivity index (χ3v) is 4.76. The molecule has 0 aromatic heterocycles. The van der Waals surface area contributed by atoms with Gasteiger partial charge in [0.2, 0.25) is 0 Å². The van der Waals surface area contributed by atoms with Gasteiger partial charge in [0.15, 0.2) is 0 Å². The fourth-order valence-corrected chi connectivity index (χ4v) is 3.74. The molecule has 0 nitrogen and oxygen atoms in total. The molecule has 19 heavy (non-hydrogen) atoms. The molecule has 1 unspecified atom stereocenters. The SMILES string of the molecule is C1#CCCCCC#CC(C2SCc3ccccc32)=C1. The van der Waals surface area contributed by atoms with Crippen molar-refractivity contribution in [2.45, 2.75) is 36.7 Å². The largest absolute Gasteiger partial charge is 0.143 e. The minimum atomic E-state index is 0.387. The first kappa shape index (κ1) is 12.5. The fraction of sp³-hybridized carbons (Fsp3) is 0.333. The Balaban J connectivity index is 1.94. The van der Waals surface area contributed by atoms with E-state index in [1.807, 2.05) is 17.8 Å². The molecule has 0 amide bonds. The molecule has 1 aliphatic heterocycles. The van der Waals surface area contributed by atoms with Crippen LogP contribution < -0.4 is 0 Å². The van der Waals surface area contributed by atoms with Crippen LogP contribution in [-0.2, 0) is 5.75 Å². The zero-order valence-electron chi connectivity index (χ0n) is 10.9. The van der Waals surface area contributed by atoms with Crippen molar-refractivity contribution in [3.05, 3.63) is 47.0 Å². The van der Waals surface area contributed by atoms with Gasteiger partial charge in [-0.2, -0.15) is 0 Å². The van der Waals surface area contributed by atoms with Crippen molar-refractivity contribution in [2.75, 3.05) is 0 Å². The van der Waals surface area contributed by atoms with E-state index in [-0.39, 0.29) is 0 Å². The van der Waals surface area contributed by atoms with Crippen molar-refractivity contribution >= 4 is 11.8 Å². The lowest BCUT2D eigenvalue weighted by atomic mass is 10.00. The lowest BCUT2D eigenvalue weighted by Gasteiger charge is -2.10. The lowest BCUT2D eigenvalue weighted by molar-refractivity contribution is 0.782. The summed E-state index contributed by atoms with van der Waals surface area (Å²) in [5, 5.41) is 0.387. The van der Waals surface area contributed by atoms with Crippen LogP contribution in [0.4, 0.5) is 0 Å². The summed E-state index contributed by atoms with van der Waals surface area (Å²) in [7, 11) is 0. The number of fused-ring (bicyclic) bond motifs is 1. The Morgan fingerprint density at radius 2 is 1.89 bits per heavy atom. The second kappa shape index (κ2) is 6.05. The van der Waals surface area contributed by atoms with Crippen LogP contribution in [0.15, 0.2) is 35.9 Å². The number of thioether (sulfide) groups is 1. The van der Waals surface area contributed by atoms with Crippen molar-refractivity contribution in [1.29, 1.82) is 0 Å². The molecule has 0 spiro atoms. The predicted octanol–water partition coefficient (Wildman–Crippen LogP) is 4.48. The van der Waals surface area contributed by atoms with Gasteiger partial charge in [0.25, 0.3) is 0 Å². The van der Waals surface area contributed by atoms with Gasteiger partial charge >= 0.3 is 0 Å². The Hall–Kier alpha value is -1.57. The van der Waals surface area contributed by atoms with Crippen LogP contribution in [0, 0.1) is 23.7 Å². The molecule has 0 N–H and O–H groups in total. The van der Waals surface area contributed by atoms with Gasteiger partial charge in [0.1, 0.15) is 0 Å². The molecule has 0 saturated carbocycles. The number of benzene rings is 1. The highest BCUT2D eigenvalue weighted by Gasteiger charge is 2.24. The van der Waals surface area contributed by atoms with Gasteiger partial charge in [-0.3, -0.25) is 0 Å². The molecule has 2 aliphatic rings. The Kier molecular flexibility index (Phi) is 3.97. The van der Waals surface area contributed by atoms with Gasteiger partial charge in [-0.25, -0.2) is 0 Å². The van der Waals surface area contributed by atoms with Crippen molar-refractivity contribution in [3.8, 4) is 23.7 Å². The van der Waals surface area contributed by atoms with Crippen molar-refractivity contribution in [2.24, 2.45) is 0 Å². The summed E-state index contributed by atoms with van der Waals surface area (Å²) in [4.78, 5) is 0. The van der Waals surface area contributed by atoms with Gasteiger partial charge < -0.3 is 0 Å². The fourth-order valence-electron chi connectivity index (χ4n) is 2.41. The van der Waals surface area contributed by atoms with Crippen molar-refractivity contribution in [3.63, 3.8) is 0 Å². The minimum Gasteiger partial charge on any atom is -0.143 e. The van der Waals surface area contributed by atoms with E-state index in [9.17, 15) is 0 Å². The van der Waals surface area contributed by atoms with Crippen LogP contribution in [0.25, 0.3) is 0 Å².